The number of carbonyl (C=O) groups is 1. The molecule has 0 unspecified atom stereocenters. The van der Waals surface area contributed by atoms with Crippen molar-refractivity contribution in [2.75, 3.05) is 46.9 Å². The van der Waals surface area contributed by atoms with Crippen molar-refractivity contribution in [1.29, 1.82) is 0 Å². The van der Waals surface area contributed by atoms with Crippen LogP contribution in [0.25, 0.3) is 22.0 Å². The molecule has 0 aliphatic carbocycles. The molecule has 3 aromatic rings. The Bertz CT molecular complexity index is 1010. The fourth-order valence-corrected chi connectivity index (χ4v) is 3.46. The zero-order chi connectivity index (χ0) is 20.2. The number of carbonyl (C=O) groups excluding carboxylic acids is 1. The molecule has 1 fully saturated rings. The second kappa shape index (κ2) is 8.49. The number of rotatable bonds is 5. The van der Waals surface area contributed by atoms with Gasteiger partial charge in [-0.3, -0.25) is 9.78 Å². The second-order valence-electron chi connectivity index (χ2n) is 7.29. The molecule has 1 aromatic heterocycles. The summed E-state index contributed by atoms with van der Waals surface area (Å²) in [6.45, 7) is 3.29. The molecule has 0 spiro atoms. The fourth-order valence-electron chi connectivity index (χ4n) is 3.46. The van der Waals surface area contributed by atoms with Crippen molar-refractivity contribution in [1.82, 2.24) is 14.8 Å². The van der Waals surface area contributed by atoms with Gasteiger partial charge in [-0.25, -0.2) is 0 Å². The predicted molar refractivity (Wildman–Crippen MR) is 113 cm³/mol. The van der Waals surface area contributed by atoms with Crippen LogP contribution in [0.5, 0.6) is 11.5 Å². The minimum Gasteiger partial charge on any atom is -0.497 e. The van der Waals surface area contributed by atoms with Gasteiger partial charge in [-0.2, -0.15) is 0 Å². The first kappa shape index (κ1) is 19.2. The van der Waals surface area contributed by atoms with Crippen LogP contribution in [0.4, 0.5) is 0 Å². The van der Waals surface area contributed by atoms with Crippen molar-refractivity contribution in [3.8, 4) is 22.6 Å². The van der Waals surface area contributed by atoms with Crippen molar-refractivity contribution < 1.29 is 14.3 Å². The van der Waals surface area contributed by atoms with E-state index in [4.69, 9.17) is 9.47 Å². The van der Waals surface area contributed by atoms with Gasteiger partial charge in [-0.15, -0.1) is 0 Å². The Morgan fingerprint density at radius 2 is 1.76 bits per heavy atom. The molecular weight excluding hydrogens is 366 g/mol. The van der Waals surface area contributed by atoms with Crippen LogP contribution in [0.15, 0.2) is 54.7 Å². The number of para-hydroxylation sites is 1. The Kier molecular flexibility index (Phi) is 5.62. The molecular formula is C23H25N3O3. The maximum absolute atomic E-state index is 12.5. The third-order valence-electron chi connectivity index (χ3n) is 5.26. The minimum atomic E-state index is 0.00911. The van der Waals surface area contributed by atoms with Crippen molar-refractivity contribution in [2.24, 2.45) is 0 Å². The van der Waals surface area contributed by atoms with Crippen LogP contribution < -0.4 is 9.47 Å². The quantitative estimate of drug-likeness (QED) is 0.669. The van der Waals surface area contributed by atoms with Crippen molar-refractivity contribution >= 4 is 16.8 Å². The highest BCUT2D eigenvalue weighted by Crippen LogP contribution is 2.31. The van der Waals surface area contributed by atoms with E-state index in [1.807, 2.05) is 47.5 Å². The smallest absolute Gasteiger partial charge is 0.260 e. The molecule has 6 heteroatoms. The second-order valence-corrected chi connectivity index (χ2v) is 7.29. The highest BCUT2D eigenvalue weighted by Gasteiger charge is 2.19. The molecule has 2 aromatic carbocycles. The van der Waals surface area contributed by atoms with E-state index < -0.39 is 0 Å². The third kappa shape index (κ3) is 4.49. The average Bonchev–Trinajstić information content (AvgIpc) is 2.77. The number of hydrogen-bond acceptors (Lipinski definition) is 5. The largest absolute Gasteiger partial charge is 0.497 e. The lowest BCUT2D eigenvalue weighted by Crippen LogP contribution is -2.48. The Hall–Kier alpha value is -3.12. The highest BCUT2D eigenvalue weighted by atomic mass is 16.5. The molecule has 1 amide bonds. The fraction of sp³-hybridized carbons (Fsp3) is 0.304. The van der Waals surface area contributed by atoms with Gasteiger partial charge in [-0.05, 0) is 36.9 Å². The first-order valence-electron chi connectivity index (χ1n) is 9.76. The first-order chi connectivity index (χ1) is 14.1. The van der Waals surface area contributed by atoms with E-state index in [0.29, 0.717) is 11.5 Å². The Morgan fingerprint density at radius 1 is 1.00 bits per heavy atom. The number of fused-ring (bicyclic) bond motifs is 1. The van der Waals surface area contributed by atoms with Crippen LogP contribution in [0.3, 0.4) is 0 Å². The van der Waals surface area contributed by atoms with Gasteiger partial charge >= 0.3 is 0 Å². The molecule has 29 heavy (non-hydrogen) atoms. The Morgan fingerprint density at radius 3 is 2.55 bits per heavy atom. The molecule has 2 heterocycles. The molecule has 0 radical (unpaired) electrons. The molecule has 1 aliphatic heterocycles. The number of piperazine rings is 1. The van der Waals surface area contributed by atoms with E-state index in [-0.39, 0.29) is 12.5 Å². The predicted octanol–water partition coefficient (Wildman–Crippen LogP) is 3.06. The van der Waals surface area contributed by atoms with Crippen molar-refractivity contribution in [2.45, 2.75) is 0 Å². The zero-order valence-corrected chi connectivity index (χ0v) is 16.8. The zero-order valence-electron chi connectivity index (χ0n) is 16.8. The van der Waals surface area contributed by atoms with Crippen LogP contribution >= 0.6 is 0 Å². The number of methoxy groups -OCH3 is 1. The summed E-state index contributed by atoms with van der Waals surface area (Å²) < 4.78 is 11.3. The summed E-state index contributed by atoms with van der Waals surface area (Å²) >= 11 is 0. The molecule has 4 rings (SSSR count). The first-order valence-corrected chi connectivity index (χ1v) is 9.76. The van der Waals surface area contributed by atoms with Gasteiger partial charge in [0.1, 0.15) is 11.5 Å². The maximum Gasteiger partial charge on any atom is 0.260 e. The topological polar surface area (TPSA) is 54.9 Å². The summed E-state index contributed by atoms with van der Waals surface area (Å²) in [5, 5.41) is 1.07. The van der Waals surface area contributed by atoms with Gasteiger partial charge in [0.15, 0.2) is 6.61 Å². The lowest BCUT2D eigenvalue weighted by molar-refractivity contribution is -0.134. The van der Waals surface area contributed by atoms with E-state index >= 15 is 0 Å². The lowest BCUT2D eigenvalue weighted by atomic mass is 10.0. The summed E-state index contributed by atoms with van der Waals surface area (Å²) in [6, 6.07) is 15.8. The van der Waals surface area contributed by atoms with Gasteiger partial charge in [0, 0.05) is 49.4 Å². The van der Waals surface area contributed by atoms with Gasteiger partial charge in [-0.1, -0.05) is 18.2 Å². The van der Waals surface area contributed by atoms with Crippen molar-refractivity contribution in [3.05, 3.63) is 54.7 Å². The monoisotopic (exact) mass is 391 g/mol. The number of hydrogen-bond donors (Lipinski definition) is 0. The summed E-state index contributed by atoms with van der Waals surface area (Å²) in [7, 11) is 3.69. The molecule has 0 saturated carbocycles. The molecule has 1 saturated heterocycles. The van der Waals surface area contributed by atoms with Crippen LogP contribution in [-0.2, 0) is 4.79 Å². The Balaban J connectivity index is 1.52. The molecule has 150 valence electrons. The average molecular weight is 391 g/mol. The number of pyridine rings is 1. The number of nitrogens with zero attached hydrogens (tertiary/aromatic N) is 3. The van der Waals surface area contributed by atoms with Gasteiger partial charge < -0.3 is 19.3 Å². The highest BCUT2D eigenvalue weighted by molar-refractivity contribution is 5.84. The van der Waals surface area contributed by atoms with E-state index in [1.165, 1.54) is 0 Å². The molecule has 0 N–H and O–H groups in total. The number of amides is 1. The summed E-state index contributed by atoms with van der Waals surface area (Å²) in [6.07, 6.45) is 1.84. The molecule has 6 nitrogen and oxygen atoms in total. The standard InChI is InChI=1S/C23H25N3O3/c1-25-7-9-26(10-8-25)23(27)16-29-21-13-18(12-20(14-21)28-2)19-11-17-5-3-4-6-22(17)24-15-19/h3-6,11-15H,7-10,16H2,1-2H3. The van der Waals surface area contributed by atoms with E-state index in [2.05, 4.69) is 23.0 Å². The number of likely N-dealkylation sites (N-methyl/N-ethyl adjacent to an activating group) is 1. The lowest BCUT2D eigenvalue weighted by Gasteiger charge is -2.32. The van der Waals surface area contributed by atoms with Crippen LogP contribution in [0.1, 0.15) is 0 Å². The van der Waals surface area contributed by atoms with Gasteiger partial charge in [0.25, 0.3) is 5.91 Å². The number of aromatic nitrogens is 1. The summed E-state index contributed by atoms with van der Waals surface area (Å²) in [5.74, 6) is 1.29. The maximum atomic E-state index is 12.5. The van der Waals surface area contributed by atoms with E-state index in [9.17, 15) is 4.79 Å². The molecule has 0 bridgehead atoms. The minimum absolute atomic E-state index is 0.00911. The molecule has 0 atom stereocenters. The number of ether oxygens (including phenoxy) is 2. The van der Waals surface area contributed by atoms with Crippen LogP contribution in [0, 0.1) is 0 Å². The third-order valence-corrected chi connectivity index (χ3v) is 5.26. The Labute approximate surface area is 170 Å². The number of benzene rings is 2. The van der Waals surface area contributed by atoms with E-state index in [0.717, 1.165) is 48.2 Å². The molecule has 1 aliphatic rings. The van der Waals surface area contributed by atoms with E-state index in [1.54, 1.807) is 13.2 Å². The summed E-state index contributed by atoms with van der Waals surface area (Å²) in [5.41, 5.74) is 2.86. The summed E-state index contributed by atoms with van der Waals surface area (Å²) in [4.78, 5) is 21.1. The van der Waals surface area contributed by atoms with Crippen molar-refractivity contribution in [3.63, 3.8) is 0 Å². The normalized spacial score (nSPS) is 14.8. The van der Waals surface area contributed by atoms with Crippen LogP contribution in [-0.4, -0.2) is 67.6 Å². The van der Waals surface area contributed by atoms with Gasteiger partial charge in [0.05, 0.1) is 12.6 Å². The van der Waals surface area contributed by atoms with Crippen LogP contribution in [0.2, 0.25) is 0 Å². The van der Waals surface area contributed by atoms with Gasteiger partial charge in [0.2, 0.25) is 0 Å². The SMILES string of the molecule is COc1cc(OCC(=O)N2CCN(C)CC2)cc(-c2cnc3ccccc3c2)c1.